The minimum Gasteiger partial charge on any atom is -0.368 e. The maximum absolute atomic E-state index is 14.3. The quantitative estimate of drug-likeness (QED) is 0.208. The van der Waals surface area contributed by atoms with Crippen molar-refractivity contribution < 1.29 is 77.0 Å². The van der Waals surface area contributed by atoms with Crippen molar-refractivity contribution in [1.82, 2.24) is 0 Å². The van der Waals surface area contributed by atoms with Crippen LogP contribution in [-0.4, -0.2) is 91.2 Å². The van der Waals surface area contributed by atoms with E-state index in [0.29, 0.717) is 0 Å². The first-order valence-electron chi connectivity index (χ1n) is 9.91. The Morgan fingerprint density at radius 1 is 1.09 bits per heavy atom. The molecule has 1 saturated carbocycles. The third-order valence-corrected chi connectivity index (χ3v) is 6.27. The van der Waals surface area contributed by atoms with Crippen LogP contribution in [0.1, 0.15) is 13.8 Å². The van der Waals surface area contributed by atoms with E-state index in [2.05, 4.69) is 8.92 Å². The fourth-order valence-corrected chi connectivity index (χ4v) is 4.27. The second-order valence-corrected chi connectivity index (χ2v) is 8.74. The number of hydrogen-bond acceptors (Lipinski definition) is 9. The van der Waals surface area contributed by atoms with Crippen molar-refractivity contribution in [1.29, 1.82) is 0 Å². The van der Waals surface area contributed by atoms with Gasteiger partial charge < -0.3 is 28.8 Å². The molecule has 7 atom stereocenters. The molecular weight excluding hydrogens is 532 g/mol. The van der Waals surface area contributed by atoms with Crippen molar-refractivity contribution in [2.45, 2.75) is 61.8 Å². The van der Waals surface area contributed by atoms with Crippen LogP contribution in [0, 0.1) is 11.8 Å². The third kappa shape index (κ3) is 6.40. The summed E-state index contributed by atoms with van der Waals surface area (Å²) in [6.45, 7) is 0.227. The zero-order chi connectivity index (χ0) is 26.8. The maximum atomic E-state index is 14.3. The second-order valence-electron chi connectivity index (χ2n) is 7.57. The van der Waals surface area contributed by atoms with Gasteiger partial charge in [0.25, 0.3) is 0 Å². The standard InChI is InChI=1S/C17H24F8O9S/c1-4-29-6-32-12-9(13(26)28-3)10(8-5-30-7-31-11(8)12)33-35(27)17(24,25)16(22,23)34-15(20,21)14(2,18)19/h8-13,26H,4-7H2,1-3H3. The highest BCUT2D eigenvalue weighted by Gasteiger charge is 2.71. The van der Waals surface area contributed by atoms with Crippen LogP contribution in [-0.2, 0) is 43.7 Å². The molecule has 0 aromatic heterocycles. The van der Waals surface area contributed by atoms with E-state index in [1.807, 2.05) is 0 Å². The van der Waals surface area contributed by atoms with Crippen LogP contribution >= 0.6 is 0 Å². The molecule has 1 heterocycles. The lowest BCUT2D eigenvalue weighted by molar-refractivity contribution is -0.453. The Morgan fingerprint density at radius 2 is 1.71 bits per heavy atom. The summed E-state index contributed by atoms with van der Waals surface area (Å²) in [4.78, 5) is 0. The van der Waals surface area contributed by atoms with Crippen molar-refractivity contribution >= 4 is 11.1 Å². The molecule has 35 heavy (non-hydrogen) atoms. The molecule has 1 aliphatic carbocycles. The highest BCUT2D eigenvalue weighted by Crippen LogP contribution is 2.48. The highest BCUT2D eigenvalue weighted by atomic mass is 32.2. The molecule has 208 valence electrons. The molecule has 18 heteroatoms. The van der Waals surface area contributed by atoms with Crippen LogP contribution in [0.25, 0.3) is 0 Å². The summed E-state index contributed by atoms with van der Waals surface area (Å²) in [5, 5.41) is 4.20. The van der Waals surface area contributed by atoms with Gasteiger partial charge in [-0.05, 0) is 6.92 Å². The van der Waals surface area contributed by atoms with Gasteiger partial charge in [-0.2, -0.15) is 35.1 Å². The number of fused-ring (bicyclic) bond motifs is 1. The lowest BCUT2D eigenvalue weighted by Crippen LogP contribution is -2.55. The molecule has 1 N–H and O–H groups in total. The van der Waals surface area contributed by atoms with Crippen molar-refractivity contribution in [3.05, 3.63) is 0 Å². The molecule has 2 rings (SSSR count). The predicted octanol–water partition coefficient (Wildman–Crippen LogP) is 2.45. The van der Waals surface area contributed by atoms with E-state index in [9.17, 15) is 44.4 Å². The van der Waals surface area contributed by atoms with Gasteiger partial charge in [-0.15, -0.1) is 0 Å². The van der Waals surface area contributed by atoms with Crippen LogP contribution in [0.3, 0.4) is 0 Å². The van der Waals surface area contributed by atoms with E-state index in [4.69, 9.17) is 23.7 Å². The first-order valence-corrected chi connectivity index (χ1v) is 11.0. The topological polar surface area (TPSA) is 102 Å². The van der Waals surface area contributed by atoms with E-state index in [-0.39, 0.29) is 26.8 Å². The summed E-state index contributed by atoms with van der Waals surface area (Å²) in [7, 11) is 0.987. The molecule has 7 unspecified atom stereocenters. The largest absolute Gasteiger partial charge is 0.439 e. The Balaban J connectivity index is 2.32. The van der Waals surface area contributed by atoms with Crippen molar-refractivity contribution in [2.75, 3.05) is 33.9 Å². The molecule has 0 amide bonds. The van der Waals surface area contributed by atoms with Crippen LogP contribution in [0.15, 0.2) is 0 Å². The van der Waals surface area contributed by atoms with E-state index >= 15 is 0 Å². The second kappa shape index (κ2) is 11.3. The molecule has 1 saturated heterocycles. The van der Waals surface area contributed by atoms with Crippen LogP contribution < -0.4 is 0 Å². The monoisotopic (exact) mass is 556 g/mol. The van der Waals surface area contributed by atoms with Gasteiger partial charge in [0.2, 0.25) is 11.1 Å². The van der Waals surface area contributed by atoms with Gasteiger partial charge in [-0.3, -0.25) is 4.18 Å². The summed E-state index contributed by atoms with van der Waals surface area (Å²) in [5.74, 6) is -7.95. The normalized spacial score (nSPS) is 30.2. The molecule has 0 bridgehead atoms. The lowest BCUT2D eigenvalue weighted by atomic mass is 10.00. The Bertz CT molecular complexity index is 726. The summed E-state index contributed by atoms with van der Waals surface area (Å²) in [6.07, 6.45) is -18.5. The minimum absolute atomic E-state index is 0.189. The average molecular weight is 556 g/mol. The third-order valence-electron chi connectivity index (χ3n) is 5.21. The smallest absolute Gasteiger partial charge is 0.368 e. The number of rotatable bonds is 13. The molecule has 0 spiro atoms. The van der Waals surface area contributed by atoms with Crippen molar-refractivity contribution in [3.63, 3.8) is 0 Å². The van der Waals surface area contributed by atoms with Gasteiger partial charge in [-0.1, -0.05) is 0 Å². The van der Waals surface area contributed by atoms with Gasteiger partial charge in [-0.25, -0.2) is 8.95 Å². The van der Waals surface area contributed by atoms with Gasteiger partial charge in [0.05, 0.1) is 30.8 Å². The minimum atomic E-state index is -6.38. The molecule has 0 aromatic rings. The molecule has 9 nitrogen and oxygen atoms in total. The van der Waals surface area contributed by atoms with Crippen LogP contribution in [0.2, 0.25) is 0 Å². The fraction of sp³-hybridized carbons (Fsp3) is 1.00. The van der Waals surface area contributed by atoms with Crippen molar-refractivity contribution in [2.24, 2.45) is 11.8 Å². The first-order chi connectivity index (χ1) is 16.0. The molecule has 2 aliphatic rings. The van der Waals surface area contributed by atoms with Crippen LogP contribution in [0.4, 0.5) is 35.1 Å². The van der Waals surface area contributed by atoms with E-state index < -0.39 is 77.8 Å². The number of aliphatic hydroxyl groups excluding tert-OH is 1. The number of aliphatic hydroxyl groups is 1. The molecule has 0 radical (unpaired) electrons. The fourth-order valence-electron chi connectivity index (χ4n) is 3.44. The summed E-state index contributed by atoms with van der Waals surface area (Å²) in [5.41, 5.74) is 0. The SMILES string of the molecule is CCOCOC1C2OCOCC2C(OS(=O)C(F)(F)C(F)(F)OC(F)(F)C(C)(F)F)C1C(O)OC. The zero-order valence-electron chi connectivity index (χ0n) is 18.4. The summed E-state index contributed by atoms with van der Waals surface area (Å²) >= 11 is -4.48. The van der Waals surface area contributed by atoms with E-state index in [1.54, 1.807) is 6.92 Å². The molecule has 1 aliphatic heterocycles. The molecule has 0 aromatic carbocycles. The maximum Gasteiger partial charge on any atom is 0.439 e. The Labute approximate surface area is 196 Å². The number of halogens is 8. The Hall–Kier alpha value is -0.730. The van der Waals surface area contributed by atoms with Gasteiger partial charge in [0, 0.05) is 26.6 Å². The lowest BCUT2D eigenvalue weighted by Gasteiger charge is -2.33. The summed E-state index contributed by atoms with van der Waals surface area (Å²) < 4.78 is 153. The summed E-state index contributed by atoms with van der Waals surface area (Å²) in [6, 6.07) is 0. The Morgan fingerprint density at radius 3 is 2.26 bits per heavy atom. The number of alkyl halides is 8. The highest BCUT2D eigenvalue weighted by molar-refractivity contribution is 7.81. The molecule has 2 fully saturated rings. The number of methoxy groups -OCH3 is 1. The predicted molar refractivity (Wildman–Crippen MR) is 96.6 cm³/mol. The van der Waals surface area contributed by atoms with Gasteiger partial charge >= 0.3 is 23.4 Å². The zero-order valence-corrected chi connectivity index (χ0v) is 19.3. The van der Waals surface area contributed by atoms with Crippen LogP contribution in [0.5, 0.6) is 0 Å². The van der Waals surface area contributed by atoms with E-state index in [1.165, 1.54) is 0 Å². The van der Waals surface area contributed by atoms with Gasteiger partial charge in [0.15, 0.2) is 6.29 Å². The Kier molecular flexibility index (Phi) is 9.88. The van der Waals surface area contributed by atoms with E-state index in [0.717, 1.165) is 7.11 Å². The first kappa shape index (κ1) is 30.5. The molecular formula is C17H24F8O9S. The van der Waals surface area contributed by atoms with Gasteiger partial charge in [0.1, 0.15) is 13.6 Å². The number of ether oxygens (including phenoxy) is 6. The van der Waals surface area contributed by atoms with Crippen molar-refractivity contribution in [3.8, 4) is 0 Å². The number of hydrogen-bond donors (Lipinski definition) is 1. The average Bonchev–Trinajstić information content (AvgIpc) is 3.05.